The third-order valence-corrected chi connectivity index (χ3v) is 3.81. The number of ether oxygens (including phenoxy) is 1. The van der Waals surface area contributed by atoms with Crippen molar-refractivity contribution in [3.8, 4) is 0 Å². The molecule has 2 rings (SSSR count). The lowest BCUT2D eigenvalue weighted by atomic mass is 9.94. The van der Waals surface area contributed by atoms with Gasteiger partial charge in [0, 0.05) is 13.1 Å². The second-order valence-corrected chi connectivity index (χ2v) is 5.50. The van der Waals surface area contributed by atoms with Crippen molar-refractivity contribution in [2.24, 2.45) is 5.92 Å². The maximum absolute atomic E-state index is 5.76. The van der Waals surface area contributed by atoms with E-state index in [1.54, 1.807) is 0 Å². The predicted octanol–water partition coefficient (Wildman–Crippen LogP) is 1.49. The fraction of sp³-hybridized carbons (Fsp3) is 1.00. The van der Waals surface area contributed by atoms with Crippen molar-refractivity contribution < 1.29 is 4.74 Å². The number of rotatable bonds is 3. The minimum atomic E-state index is 0.414. The molecular formula is C13H26N2O. The van der Waals surface area contributed by atoms with Gasteiger partial charge in [0.15, 0.2) is 0 Å². The molecule has 0 amide bonds. The summed E-state index contributed by atoms with van der Waals surface area (Å²) in [6.07, 6.45) is 4.94. The van der Waals surface area contributed by atoms with Crippen LogP contribution in [0.3, 0.4) is 0 Å². The Morgan fingerprint density at radius 1 is 1.12 bits per heavy atom. The Labute approximate surface area is 99.5 Å². The van der Waals surface area contributed by atoms with Crippen molar-refractivity contribution in [1.29, 1.82) is 0 Å². The fourth-order valence-electron chi connectivity index (χ4n) is 3.00. The average molecular weight is 226 g/mol. The zero-order valence-electron chi connectivity index (χ0n) is 10.7. The summed E-state index contributed by atoms with van der Waals surface area (Å²) in [7, 11) is 0. The first-order valence-corrected chi connectivity index (χ1v) is 6.82. The summed E-state index contributed by atoms with van der Waals surface area (Å²) in [4.78, 5) is 2.58. The van der Waals surface area contributed by atoms with E-state index in [4.69, 9.17) is 4.74 Å². The van der Waals surface area contributed by atoms with Crippen LogP contribution in [0.25, 0.3) is 0 Å². The third-order valence-electron chi connectivity index (χ3n) is 3.81. The van der Waals surface area contributed by atoms with Gasteiger partial charge in [-0.25, -0.2) is 0 Å². The Hall–Kier alpha value is -0.120. The molecule has 2 aliphatic rings. The molecule has 0 saturated carbocycles. The Balaban J connectivity index is 1.68. The molecule has 94 valence electrons. The number of morpholine rings is 1. The Morgan fingerprint density at radius 3 is 2.38 bits per heavy atom. The molecule has 0 unspecified atom stereocenters. The Morgan fingerprint density at radius 2 is 1.75 bits per heavy atom. The predicted molar refractivity (Wildman–Crippen MR) is 66.7 cm³/mol. The highest BCUT2D eigenvalue weighted by molar-refractivity contribution is 4.75. The van der Waals surface area contributed by atoms with Crippen molar-refractivity contribution in [1.82, 2.24) is 10.2 Å². The van der Waals surface area contributed by atoms with Gasteiger partial charge in [-0.2, -0.15) is 0 Å². The molecule has 2 heterocycles. The standard InChI is InChI=1S/C13H26N2O/c1-11-9-15(10-12(2)16-11)8-5-13-3-6-14-7-4-13/h11-14H,3-10H2,1-2H3/t11-,12-/m1/s1. The number of nitrogens with one attached hydrogen (secondary N) is 1. The quantitative estimate of drug-likeness (QED) is 0.789. The van der Waals surface area contributed by atoms with Crippen LogP contribution in [-0.2, 0) is 4.74 Å². The first kappa shape index (κ1) is 12.3. The van der Waals surface area contributed by atoms with Gasteiger partial charge < -0.3 is 10.1 Å². The molecule has 2 aliphatic heterocycles. The van der Waals surface area contributed by atoms with Gasteiger partial charge in [0.1, 0.15) is 0 Å². The topological polar surface area (TPSA) is 24.5 Å². The van der Waals surface area contributed by atoms with Crippen LogP contribution in [-0.4, -0.2) is 49.8 Å². The van der Waals surface area contributed by atoms with Gasteiger partial charge in [-0.15, -0.1) is 0 Å². The van der Waals surface area contributed by atoms with E-state index in [-0.39, 0.29) is 0 Å². The van der Waals surface area contributed by atoms with E-state index in [9.17, 15) is 0 Å². The van der Waals surface area contributed by atoms with E-state index < -0.39 is 0 Å². The minimum Gasteiger partial charge on any atom is -0.373 e. The molecule has 0 radical (unpaired) electrons. The zero-order valence-corrected chi connectivity index (χ0v) is 10.7. The highest BCUT2D eigenvalue weighted by Crippen LogP contribution is 2.18. The molecule has 0 aliphatic carbocycles. The number of hydrogen-bond acceptors (Lipinski definition) is 3. The molecule has 0 bridgehead atoms. The van der Waals surface area contributed by atoms with Crippen LogP contribution in [0.4, 0.5) is 0 Å². The molecule has 2 fully saturated rings. The molecule has 2 atom stereocenters. The van der Waals surface area contributed by atoms with Crippen LogP contribution in [0, 0.1) is 5.92 Å². The lowest BCUT2D eigenvalue weighted by molar-refractivity contribution is -0.0691. The monoisotopic (exact) mass is 226 g/mol. The van der Waals surface area contributed by atoms with Crippen molar-refractivity contribution >= 4 is 0 Å². The molecule has 0 spiro atoms. The molecule has 2 saturated heterocycles. The maximum Gasteiger partial charge on any atom is 0.0678 e. The van der Waals surface area contributed by atoms with Crippen LogP contribution in [0.15, 0.2) is 0 Å². The summed E-state index contributed by atoms with van der Waals surface area (Å²) >= 11 is 0. The van der Waals surface area contributed by atoms with Crippen molar-refractivity contribution in [3.05, 3.63) is 0 Å². The molecule has 16 heavy (non-hydrogen) atoms. The van der Waals surface area contributed by atoms with Gasteiger partial charge in [-0.05, 0) is 58.7 Å². The summed E-state index contributed by atoms with van der Waals surface area (Å²) in [6.45, 7) is 10.3. The van der Waals surface area contributed by atoms with Crippen molar-refractivity contribution in [3.63, 3.8) is 0 Å². The van der Waals surface area contributed by atoms with E-state index in [0.717, 1.165) is 19.0 Å². The summed E-state index contributed by atoms with van der Waals surface area (Å²) in [6, 6.07) is 0. The molecular weight excluding hydrogens is 200 g/mol. The molecule has 0 aromatic heterocycles. The zero-order chi connectivity index (χ0) is 11.4. The van der Waals surface area contributed by atoms with Gasteiger partial charge in [0.25, 0.3) is 0 Å². The first-order valence-electron chi connectivity index (χ1n) is 6.82. The molecule has 3 heteroatoms. The van der Waals surface area contributed by atoms with Crippen LogP contribution >= 0.6 is 0 Å². The molecule has 0 aromatic rings. The number of piperidine rings is 1. The molecule has 1 N–H and O–H groups in total. The van der Waals surface area contributed by atoms with Crippen molar-refractivity contribution in [2.75, 3.05) is 32.7 Å². The van der Waals surface area contributed by atoms with Gasteiger partial charge in [-0.1, -0.05) is 0 Å². The van der Waals surface area contributed by atoms with Gasteiger partial charge >= 0.3 is 0 Å². The summed E-state index contributed by atoms with van der Waals surface area (Å²) in [5, 5.41) is 3.43. The summed E-state index contributed by atoms with van der Waals surface area (Å²) in [5.74, 6) is 0.953. The lowest BCUT2D eigenvalue weighted by Crippen LogP contribution is -2.46. The van der Waals surface area contributed by atoms with Gasteiger partial charge in [0.05, 0.1) is 12.2 Å². The number of nitrogens with zero attached hydrogens (tertiary/aromatic N) is 1. The molecule has 0 aromatic carbocycles. The normalized spacial score (nSPS) is 34.1. The fourth-order valence-corrected chi connectivity index (χ4v) is 3.00. The second kappa shape index (κ2) is 5.99. The van der Waals surface area contributed by atoms with E-state index in [0.29, 0.717) is 12.2 Å². The Kier molecular flexibility index (Phi) is 4.62. The Bertz CT molecular complexity index is 194. The highest BCUT2D eigenvalue weighted by atomic mass is 16.5. The van der Waals surface area contributed by atoms with Crippen molar-refractivity contribution in [2.45, 2.75) is 45.3 Å². The molecule has 3 nitrogen and oxygen atoms in total. The van der Waals surface area contributed by atoms with Crippen LogP contribution < -0.4 is 5.32 Å². The van der Waals surface area contributed by atoms with E-state index in [2.05, 4.69) is 24.1 Å². The van der Waals surface area contributed by atoms with E-state index in [1.165, 1.54) is 38.9 Å². The SMILES string of the molecule is C[C@@H]1CN(CCC2CCNCC2)C[C@@H](C)O1. The third kappa shape index (κ3) is 3.72. The van der Waals surface area contributed by atoms with Crippen LogP contribution in [0.1, 0.15) is 33.1 Å². The smallest absolute Gasteiger partial charge is 0.0678 e. The highest BCUT2D eigenvalue weighted by Gasteiger charge is 2.22. The van der Waals surface area contributed by atoms with E-state index in [1.807, 2.05) is 0 Å². The van der Waals surface area contributed by atoms with E-state index >= 15 is 0 Å². The van der Waals surface area contributed by atoms with Crippen LogP contribution in [0.2, 0.25) is 0 Å². The van der Waals surface area contributed by atoms with Crippen LogP contribution in [0.5, 0.6) is 0 Å². The average Bonchev–Trinajstić information content (AvgIpc) is 2.27. The maximum atomic E-state index is 5.76. The number of hydrogen-bond donors (Lipinski definition) is 1. The minimum absolute atomic E-state index is 0.414. The second-order valence-electron chi connectivity index (χ2n) is 5.50. The van der Waals surface area contributed by atoms with Gasteiger partial charge in [-0.3, -0.25) is 4.90 Å². The largest absolute Gasteiger partial charge is 0.373 e. The summed E-state index contributed by atoms with van der Waals surface area (Å²) < 4.78 is 5.76. The summed E-state index contributed by atoms with van der Waals surface area (Å²) in [5.41, 5.74) is 0. The lowest BCUT2D eigenvalue weighted by Gasteiger charge is -2.36. The van der Waals surface area contributed by atoms with Gasteiger partial charge in [0.2, 0.25) is 0 Å². The first-order chi connectivity index (χ1) is 7.74.